The van der Waals surface area contributed by atoms with Gasteiger partial charge in [-0.3, -0.25) is 24.3 Å². The molecule has 128 valence electrons. The van der Waals surface area contributed by atoms with E-state index in [0.29, 0.717) is 18.9 Å². The molecular formula is C14H17N5O4S. The molecule has 9 nitrogen and oxygen atoms in total. The Balaban J connectivity index is 1.91. The molecule has 0 spiro atoms. The van der Waals surface area contributed by atoms with Gasteiger partial charge in [-0.2, -0.15) is 0 Å². The van der Waals surface area contributed by atoms with E-state index in [2.05, 4.69) is 9.88 Å². The van der Waals surface area contributed by atoms with Gasteiger partial charge in [0.05, 0.1) is 10.3 Å². The quantitative estimate of drug-likeness (QED) is 0.588. The molecule has 3 rings (SSSR count). The molecule has 1 saturated heterocycles. The predicted molar refractivity (Wildman–Crippen MR) is 89.3 cm³/mol. The number of likely N-dealkylation sites (N-methyl/N-ethyl adjacent to an activating group) is 1. The van der Waals surface area contributed by atoms with Crippen molar-refractivity contribution in [2.75, 3.05) is 33.2 Å². The average Bonchev–Trinajstić information content (AvgIpc) is 2.96. The first-order valence-electron chi connectivity index (χ1n) is 7.48. The minimum absolute atomic E-state index is 0.0933. The highest BCUT2D eigenvalue weighted by Crippen LogP contribution is 2.27. The van der Waals surface area contributed by atoms with Crippen molar-refractivity contribution in [2.45, 2.75) is 13.5 Å². The summed E-state index contributed by atoms with van der Waals surface area (Å²) >= 11 is 0.986. The van der Waals surface area contributed by atoms with E-state index in [1.165, 1.54) is 9.95 Å². The molecule has 1 fully saturated rings. The molecule has 1 aliphatic heterocycles. The van der Waals surface area contributed by atoms with E-state index in [1.54, 1.807) is 11.8 Å². The summed E-state index contributed by atoms with van der Waals surface area (Å²) in [6.07, 6.45) is 0. The number of rotatable bonds is 3. The first-order valence-corrected chi connectivity index (χ1v) is 8.36. The summed E-state index contributed by atoms with van der Waals surface area (Å²) in [6, 6.07) is 0. The third-order valence-electron chi connectivity index (χ3n) is 4.20. The molecule has 0 aliphatic carbocycles. The number of thiophene rings is 1. The van der Waals surface area contributed by atoms with Crippen LogP contribution in [0.2, 0.25) is 0 Å². The number of amides is 1. The van der Waals surface area contributed by atoms with Crippen molar-refractivity contribution in [2.24, 2.45) is 0 Å². The third kappa shape index (κ3) is 2.89. The number of nitrogens with zero attached hydrogens (tertiary/aromatic N) is 5. The van der Waals surface area contributed by atoms with Crippen molar-refractivity contribution >= 4 is 33.1 Å². The van der Waals surface area contributed by atoms with Gasteiger partial charge < -0.3 is 9.80 Å². The van der Waals surface area contributed by atoms with E-state index in [9.17, 15) is 19.7 Å². The van der Waals surface area contributed by atoms with E-state index in [1.807, 2.05) is 7.05 Å². The molecule has 0 N–H and O–H groups in total. The van der Waals surface area contributed by atoms with Crippen molar-refractivity contribution in [3.05, 3.63) is 31.7 Å². The molecule has 24 heavy (non-hydrogen) atoms. The Hall–Kier alpha value is -2.33. The molecule has 1 amide bonds. The monoisotopic (exact) mass is 351 g/mol. The van der Waals surface area contributed by atoms with Crippen molar-refractivity contribution in [3.63, 3.8) is 0 Å². The summed E-state index contributed by atoms with van der Waals surface area (Å²) in [4.78, 5) is 43.5. The first kappa shape index (κ1) is 16.5. The van der Waals surface area contributed by atoms with Gasteiger partial charge >= 0.3 is 5.69 Å². The molecule has 0 saturated carbocycles. The van der Waals surface area contributed by atoms with Gasteiger partial charge in [0.25, 0.3) is 5.56 Å². The minimum Gasteiger partial charge on any atom is -0.339 e. The standard InChI is InChI=1S/C14H17N5O4S/c1-9-15-12-10(19(22)23)8-24-13(12)14(21)18(9)7-11(20)17-5-3-16(2)4-6-17/h8H,3-7H2,1-2H3. The summed E-state index contributed by atoms with van der Waals surface area (Å²) in [5, 5.41) is 12.3. The topological polar surface area (TPSA) is 102 Å². The normalized spacial score (nSPS) is 15.8. The van der Waals surface area contributed by atoms with Gasteiger partial charge in [-0.1, -0.05) is 0 Å². The molecule has 2 aromatic heterocycles. The lowest BCUT2D eigenvalue weighted by molar-refractivity contribution is -0.382. The second kappa shape index (κ2) is 6.29. The van der Waals surface area contributed by atoms with Gasteiger partial charge in [0.15, 0.2) is 5.52 Å². The zero-order valence-electron chi connectivity index (χ0n) is 13.4. The molecule has 0 unspecified atom stereocenters. The highest BCUT2D eigenvalue weighted by atomic mass is 32.1. The maximum absolute atomic E-state index is 12.6. The highest BCUT2D eigenvalue weighted by molar-refractivity contribution is 7.17. The zero-order chi connectivity index (χ0) is 17.4. The molecule has 0 bridgehead atoms. The Bertz CT molecular complexity index is 866. The predicted octanol–water partition coefficient (Wildman–Crippen LogP) is 0.449. The molecule has 2 aromatic rings. The summed E-state index contributed by atoms with van der Waals surface area (Å²) in [5.74, 6) is 0.164. The Morgan fingerprint density at radius 2 is 2.04 bits per heavy atom. The Labute approximate surface area is 141 Å². The van der Waals surface area contributed by atoms with E-state index in [4.69, 9.17) is 0 Å². The van der Waals surface area contributed by atoms with Crippen LogP contribution in [0.25, 0.3) is 10.2 Å². The molecule has 0 atom stereocenters. The number of carbonyl (C=O) groups excluding carboxylic acids is 1. The van der Waals surface area contributed by atoms with Gasteiger partial charge in [0.2, 0.25) is 5.91 Å². The summed E-state index contributed by atoms with van der Waals surface area (Å²) in [7, 11) is 2.00. The third-order valence-corrected chi connectivity index (χ3v) is 5.14. The van der Waals surface area contributed by atoms with Crippen LogP contribution in [0.15, 0.2) is 10.2 Å². The maximum atomic E-state index is 12.6. The van der Waals surface area contributed by atoms with Gasteiger partial charge in [-0.15, -0.1) is 11.3 Å². The lowest BCUT2D eigenvalue weighted by atomic mass is 10.3. The smallest absolute Gasteiger partial charge is 0.306 e. The van der Waals surface area contributed by atoms with Crippen LogP contribution in [-0.2, 0) is 11.3 Å². The number of hydrogen-bond acceptors (Lipinski definition) is 7. The largest absolute Gasteiger partial charge is 0.339 e. The van der Waals surface area contributed by atoms with Gasteiger partial charge in [-0.05, 0) is 14.0 Å². The fourth-order valence-corrected chi connectivity index (χ4v) is 3.60. The highest BCUT2D eigenvalue weighted by Gasteiger charge is 2.23. The summed E-state index contributed by atoms with van der Waals surface area (Å²) < 4.78 is 1.50. The minimum atomic E-state index is -0.551. The fraction of sp³-hybridized carbons (Fsp3) is 0.500. The van der Waals surface area contributed by atoms with Crippen LogP contribution in [0.1, 0.15) is 5.82 Å². The van der Waals surface area contributed by atoms with Gasteiger partial charge in [0, 0.05) is 26.2 Å². The van der Waals surface area contributed by atoms with Crippen LogP contribution in [0.3, 0.4) is 0 Å². The summed E-state index contributed by atoms with van der Waals surface area (Å²) in [6.45, 7) is 4.34. The van der Waals surface area contributed by atoms with Crippen molar-refractivity contribution in [3.8, 4) is 0 Å². The number of aromatic nitrogens is 2. The van der Waals surface area contributed by atoms with Gasteiger partial charge in [-0.25, -0.2) is 4.98 Å². The number of hydrogen-bond donors (Lipinski definition) is 0. The second-order valence-electron chi connectivity index (χ2n) is 5.79. The molecular weight excluding hydrogens is 334 g/mol. The van der Waals surface area contributed by atoms with Crippen LogP contribution < -0.4 is 5.56 Å². The number of aryl methyl sites for hydroxylation is 1. The van der Waals surface area contributed by atoms with E-state index in [0.717, 1.165) is 24.4 Å². The fourth-order valence-electron chi connectivity index (χ4n) is 2.70. The van der Waals surface area contributed by atoms with Crippen LogP contribution in [0.4, 0.5) is 5.69 Å². The Kier molecular flexibility index (Phi) is 4.33. The molecule has 10 heteroatoms. The average molecular weight is 351 g/mol. The maximum Gasteiger partial charge on any atom is 0.306 e. The zero-order valence-corrected chi connectivity index (χ0v) is 14.2. The lowest BCUT2D eigenvalue weighted by Crippen LogP contribution is -2.48. The van der Waals surface area contributed by atoms with Crippen LogP contribution in [0, 0.1) is 17.0 Å². The number of carbonyl (C=O) groups is 1. The van der Waals surface area contributed by atoms with Crippen molar-refractivity contribution < 1.29 is 9.72 Å². The van der Waals surface area contributed by atoms with Crippen LogP contribution in [-0.4, -0.2) is 63.4 Å². The SMILES string of the molecule is Cc1nc2c([N+](=O)[O-])csc2c(=O)n1CC(=O)N1CCN(C)CC1. The van der Waals surface area contributed by atoms with Crippen LogP contribution in [0.5, 0.6) is 0 Å². The van der Waals surface area contributed by atoms with Crippen molar-refractivity contribution in [1.82, 2.24) is 19.4 Å². The molecule has 1 aliphatic rings. The van der Waals surface area contributed by atoms with Crippen molar-refractivity contribution in [1.29, 1.82) is 0 Å². The Morgan fingerprint density at radius 3 is 2.67 bits per heavy atom. The van der Waals surface area contributed by atoms with Crippen LogP contribution >= 0.6 is 11.3 Å². The van der Waals surface area contributed by atoms with E-state index < -0.39 is 10.5 Å². The van der Waals surface area contributed by atoms with Gasteiger partial charge in [0.1, 0.15) is 17.1 Å². The summed E-state index contributed by atoms with van der Waals surface area (Å²) in [5.41, 5.74) is -0.485. The number of piperazine rings is 1. The van der Waals surface area contributed by atoms with E-state index in [-0.39, 0.29) is 28.4 Å². The second-order valence-corrected chi connectivity index (χ2v) is 6.67. The number of nitro groups is 1. The lowest BCUT2D eigenvalue weighted by Gasteiger charge is -2.32. The molecule has 3 heterocycles. The molecule has 0 radical (unpaired) electrons. The Morgan fingerprint density at radius 1 is 1.38 bits per heavy atom. The molecule has 0 aromatic carbocycles. The number of fused-ring (bicyclic) bond motifs is 1. The first-order chi connectivity index (χ1) is 11.4. The van der Waals surface area contributed by atoms with E-state index >= 15 is 0 Å².